The summed E-state index contributed by atoms with van der Waals surface area (Å²) < 4.78 is 58.9. The Bertz CT molecular complexity index is 1830. The van der Waals surface area contributed by atoms with Crippen LogP contribution < -0.4 is 9.62 Å². The fourth-order valence-corrected chi connectivity index (χ4v) is 14.8. The lowest BCUT2D eigenvalue weighted by atomic mass is 10.0. The highest BCUT2D eigenvalue weighted by Crippen LogP contribution is 2.45. The number of hydrogen-bond donors (Lipinski definition) is 3. The molecular formula is C33H43F2N5O5SSi. The first-order valence-corrected chi connectivity index (χ1v) is 19.5. The summed E-state index contributed by atoms with van der Waals surface area (Å²) in [7, 11) is -6.13. The molecule has 0 bridgehead atoms. The average Bonchev–Trinajstić information content (AvgIpc) is 3.37. The number of carboxylic acid groups (broad SMARTS) is 1. The molecule has 0 saturated carbocycles. The molecule has 0 aliphatic rings. The molecule has 0 aliphatic heterocycles. The monoisotopic (exact) mass is 687 g/mol. The second kappa shape index (κ2) is 14.1. The topological polar surface area (TPSA) is 138 Å². The van der Waals surface area contributed by atoms with E-state index < -0.39 is 59.9 Å². The Morgan fingerprint density at radius 1 is 1.02 bits per heavy atom. The van der Waals surface area contributed by atoms with Crippen molar-refractivity contribution in [2.24, 2.45) is 0 Å². The van der Waals surface area contributed by atoms with Gasteiger partial charge in [-0.3, -0.25) is 9.62 Å². The Morgan fingerprint density at radius 2 is 1.68 bits per heavy atom. The van der Waals surface area contributed by atoms with Gasteiger partial charge in [0.25, 0.3) is 0 Å². The molecule has 0 radical (unpaired) electrons. The summed E-state index contributed by atoms with van der Waals surface area (Å²) in [6.45, 7) is 14.3. The van der Waals surface area contributed by atoms with Gasteiger partial charge >= 0.3 is 6.09 Å². The third kappa shape index (κ3) is 6.90. The molecule has 0 fully saturated rings. The fourth-order valence-electron chi connectivity index (χ4n) is 7.04. The maximum absolute atomic E-state index is 15.3. The lowest BCUT2D eigenvalue weighted by molar-refractivity contribution is 0.201. The first-order chi connectivity index (χ1) is 22.1. The lowest BCUT2D eigenvalue weighted by Gasteiger charge is -2.44. The molecule has 3 aromatic heterocycles. The number of sulfonamides is 1. The summed E-state index contributed by atoms with van der Waals surface area (Å²) in [5.74, 6) is -2.68. The van der Waals surface area contributed by atoms with Gasteiger partial charge in [-0.15, -0.1) is 0 Å². The fraction of sp³-hybridized carbons (Fsp3) is 0.424. The van der Waals surface area contributed by atoms with Crippen LogP contribution in [0.25, 0.3) is 11.0 Å². The maximum Gasteiger partial charge on any atom is 0.413 e. The van der Waals surface area contributed by atoms with Crippen molar-refractivity contribution in [2.75, 3.05) is 15.4 Å². The standard InChI is InChI=1S/C33H43F2N5O5SSi/c1-8-16-46(44,45)38-28-13-12-27(34)26(30(28)35)18-39(33(42)43)29-14-11-23(17-37-29)31(41)25-19-40(32-24(25)10-9-15-36-32)47(20(2)3,21(4)5)22(6)7/h9-15,17,19-22,31,38,41H,8,16,18H2,1-7H3,(H,42,43). The minimum atomic E-state index is -3.89. The smallest absolute Gasteiger partial charge is 0.413 e. The van der Waals surface area contributed by atoms with E-state index in [1.54, 1.807) is 13.1 Å². The quantitative estimate of drug-likeness (QED) is 0.123. The van der Waals surface area contributed by atoms with Gasteiger partial charge in [-0.25, -0.2) is 32.0 Å². The SMILES string of the molecule is CCCS(=O)(=O)Nc1ccc(F)c(CN(C(=O)O)c2ccc(C(O)c3cn([Si](C(C)C)(C(C)C)C(C)C)c4ncccc34)cn2)c1F. The van der Waals surface area contributed by atoms with Crippen LogP contribution in [0.1, 0.15) is 77.7 Å². The van der Waals surface area contributed by atoms with Gasteiger partial charge in [-0.1, -0.05) is 54.5 Å². The van der Waals surface area contributed by atoms with Crippen molar-refractivity contribution in [1.82, 2.24) is 14.2 Å². The molecule has 1 atom stereocenters. The highest BCUT2D eigenvalue weighted by atomic mass is 32.2. The van der Waals surface area contributed by atoms with Crippen LogP contribution in [0.5, 0.6) is 0 Å². The van der Waals surface area contributed by atoms with E-state index in [4.69, 9.17) is 4.98 Å². The van der Waals surface area contributed by atoms with Crippen molar-refractivity contribution in [3.05, 3.63) is 83.3 Å². The van der Waals surface area contributed by atoms with Crippen LogP contribution in [-0.2, 0) is 16.6 Å². The number of benzene rings is 1. The zero-order valence-electron chi connectivity index (χ0n) is 27.7. The van der Waals surface area contributed by atoms with Crippen LogP contribution in [-0.4, -0.2) is 52.9 Å². The Balaban J connectivity index is 1.70. The number of aliphatic hydroxyl groups is 1. The van der Waals surface area contributed by atoms with E-state index in [0.29, 0.717) is 32.7 Å². The molecule has 0 spiro atoms. The summed E-state index contributed by atoms with van der Waals surface area (Å²) in [4.78, 5) is 21.9. The van der Waals surface area contributed by atoms with Crippen molar-refractivity contribution in [3.8, 4) is 0 Å². The first-order valence-electron chi connectivity index (χ1n) is 15.6. The molecule has 4 aromatic rings. The zero-order chi connectivity index (χ0) is 34.8. The molecule has 14 heteroatoms. The van der Waals surface area contributed by atoms with Gasteiger partial charge in [0.1, 0.15) is 23.4 Å². The number of aliphatic hydroxyl groups excluding tert-OH is 1. The van der Waals surface area contributed by atoms with E-state index in [0.717, 1.165) is 23.2 Å². The molecule has 0 saturated heterocycles. The van der Waals surface area contributed by atoms with Crippen molar-refractivity contribution >= 4 is 46.9 Å². The maximum atomic E-state index is 15.3. The van der Waals surface area contributed by atoms with Gasteiger partial charge < -0.3 is 14.4 Å². The number of aromatic nitrogens is 3. The number of nitrogens with zero attached hydrogens (tertiary/aromatic N) is 4. The largest absolute Gasteiger partial charge is 0.465 e. The van der Waals surface area contributed by atoms with Crippen LogP contribution >= 0.6 is 0 Å². The summed E-state index contributed by atoms with van der Waals surface area (Å²) in [6, 6.07) is 8.43. The summed E-state index contributed by atoms with van der Waals surface area (Å²) in [5.41, 5.74) is 1.82. The van der Waals surface area contributed by atoms with Crippen molar-refractivity contribution in [1.29, 1.82) is 0 Å². The van der Waals surface area contributed by atoms with E-state index >= 15 is 4.39 Å². The van der Waals surface area contributed by atoms with Gasteiger partial charge in [0, 0.05) is 40.7 Å². The second-order valence-corrected chi connectivity index (χ2v) is 20.3. The number of halogens is 2. The van der Waals surface area contributed by atoms with E-state index in [-0.39, 0.29) is 18.0 Å². The first kappa shape index (κ1) is 36.0. The molecule has 47 heavy (non-hydrogen) atoms. The van der Waals surface area contributed by atoms with Crippen LogP contribution in [0.4, 0.5) is 25.1 Å². The van der Waals surface area contributed by atoms with E-state index in [1.807, 2.05) is 18.3 Å². The van der Waals surface area contributed by atoms with E-state index in [1.165, 1.54) is 18.3 Å². The van der Waals surface area contributed by atoms with Gasteiger partial charge in [-0.05, 0) is 53.4 Å². The normalized spacial score (nSPS) is 13.1. The van der Waals surface area contributed by atoms with Crippen molar-refractivity contribution in [2.45, 2.75) is 84.2 Å². The highest BCUT2D eigenvalue weighted by molar-refractivity contribution is 7.92. The van der Waals surface area contributed by atoms with Crippen molar-refractivity contribution in [3.63, 3.8) is 0 Å². The summed E-state index contributed by atoms with van der Waals surface area (Å²) in [6.07, 6.45) is 2.70. The van der Waals surface area contributed by atoms with Crippen LogP contribution in [0.15, 0.2) is 55.0 Å². The molecule has 3 heterocycles. The molecule has 254 valence electrons. The van der Waals surface area contributed by atoms with Gasteiger partial charge in [0.15, 0.2) is 14.1 Å². The second-order valence-electron chi connectivity index (χ2n) is 12.7. The Labute approximate surface area is 275 Å². The van der Waals surface area contributed by atoms with E-state index in [9.17, 15) is 27.8 Å². The number of rotatable bonds is 13. The van der Waals surface area contributed by atoms with Crippen LogP contribution in [0.3, 0.4) is 0 Å². The Kier molecular flexibility index (Phi) is 10.8. The van der Waals surface area contributed by atoms with Gasteiger partial charge in [-0.2, -0.15) is 0 Å². The minimum Gasteiger partial charge on any atom is -0.465 e. The molecule has 0 aliphatic carbocycles. The number of hydrogen-bond acceptors (Lipinski definition) is 6. The minimum absolute atomic E-state index is 0.140. The third-order valence-corrected chi connectivity index (χ3v) is 17.1. The molecule has 1 unspecified atom stereocenters. The molecular weight excluding hydrogens is 645 g/mol. The Hall–Kier alpha value is -3.88. The van der Waals surface area contributed by atoms with E-state index in [2.05, 4.69) is 55.5 Å². The number of carbonyl (C=O) groups is 1. The Morgan fingerprint density at radius 3 is 2.23 bits per heavy atom. The average molecular weight is 688 g/mol. The number of amides is 1. The number of pyridine rings is 2. The number of nitrogens with one attached hydrogen (secondary N) is 1. The lowest BCUT2D eigenvalue weighted by Crippen LogP contribution is -2.51. The number of anilines is 2. The number of fused-ring (bicyclic) bond motifs is 1. The van der Waals surface area contributed by atoms with Crippen LogP contribution in [0, 0.1) is 11.6 Å². The van der Waals surface area contributed by atoms with Crippen molar-refractivity contribution < 1.29 is 32.2 Å². The molecule has 1 aromatic carbocycles. The van der Waals surface area contributed by atoms with Gasteiger partial charge in [0.05, 0.1) is 18.0 Å². The zero-order valence-corrected chi connectivity index (χ0v) is 29.5. The predicted molar refractivity (Wildman–Crippen MR) is 183 cm³/mol. The van der Waals surface area contributed by atoms with Crippen LogP contribution in [0.2, 0.25) is 16.6 Å². The molecule has 1 amide bonds. The summed E-state index contributed by atoms with van der Waals surface area (Å²) in [5, 5.41) is 22.4. The van der Waals surface area contributed by atoms with Gasteiger partial charge in [0.2, 0.25) is 10.0 Å². The molecule has 4 rings (SSSR count). The molecule has 10 nitrogen and oxygen atoms in total. The highest BCUT2D eigenvalue weighted by Gasteiger charge is 2.46. The third-order valence-electron chi connectivity index (χ3n) is 8.92. The summed E-state index contributed by atoms with van der Waals surface area (Å²) >= 11 is 0. The predicted octanol–water partition coefficient (Wildman–Crippen LogP) is 7.65. The molecule has 3 N–H and O–H groups in total.